The molecule has 5 atom stereocenters. The SMILES string of the molecule is C[C@H](CC1C[C@@H]2C([Si](C)(C)C)CCC2(O)O1)O[Si](C)(C)C(C)(C)C. The minimum Gasteiger partial charge on any atom is -0.414 e. The van der Waals surface area contributed by atoms with E-state index in [0.717, 1.165) is 25.7 Å². The van der Waals surface area contributed by atoms with E-state index >= 15 is 0 Å². The number of hydrogen-bond acceptors (Lipinski definition) is 3. The molecule has 2 aliphatic rings. The largest absolute Gasteiger partial charge is 0.414 e. The molecule has 0 amide bonds. The van der Waals surface area contributed by atoms with Gasteiger partial charge in [-0.25, -0.2) is 0 Å². The van der Waals surface area contributed by atoms with Gasteiger partial charge in [-0.05, 0) is 49.9 Å². The molecule has 0 spiro atoms. The van der Waals surface area contributed by atoms with Gasteiger partial charge in [0, 0.05) is 26.5 Å². The van der Waals surface area contributed by atoms with Gasteiger partial charge in [-0.3, -0.25) is 0 Å². The Morgan fingerprint density at radius 3 is 2.29 bits per heavy atom. The van der Waals surface area contributed by atoms with Crippen LogP contribution in [0.2, 0.25) is 43.3 Å². The Labute approximate surface area is 151 Å². The van der Waals surface area contributed by atoms with Gasteiger partial charge < -0.3 is 14.3 Å². The van der Waals surface area contributed by atoms with Crippen LogP contribution in [0.4, 0.5) is 0 Å². The van der Waals surface area contributed by atoms with Gasteiger partial charge in [0.05, 0.1) is 6.10 Å². The van der Waals surface area contributed by atoms with E-state index in [0.29, 0.717) is 11.5 Å². The van der Waals surface area contributed by atoms with Crippen molar-refractivity contribution in [1.29, 1.82) is 0 Å². The molecule has 3 unspecified atom stereocenters. The molecule has 1 saturated heterocycles. The molecule has 5 heteroatoms. The molecule has 0 bridgehead atoms. The average molecular weight is 373 g/mol. The Kier molecular flexibility index (Phi) is 5.57. The van der Waals surface area contributed by atoms with Crippen LogP contribution in [0.3, 0.4) is 0 Å². The maximum Gasteiger partial charge on any atom is 0.192 e. The van der Waals surface area contributed by atoms with Crippen molar-refractivity contribution >= 4 is 16.4 Å². The van der Waals surface area contributed by atoms with E-state index in [4.69, 9.17) is 9.16 Å². The monoisotopic (exact) mass is 372 g/mol. The smallest absolute Gasteiger partial charge is 0.192 e. The first-order valence-corrected chi connectivity index (χ1v) is 16.2. The summed E-state index contributed by atoms with van der Waals surface area (Å²) in [5, 5.41) is 11.2. The third kappa shape index (κ3) is 4.17. The standard InChI is InChI=1S/C19H40O3Si2/c1-14(22-24(8,9)18(2,3)4)12-15-13-16-17(23(5,6)7)10-11-19(16,20)21-15/h14-17,20H,10-13H2,1-9H3/t14-,15?,16-,17?,19?/m1/s1. The molecule has 1 aliphatic carbocycles. The summed E-state index contributed by atoms with van der Waals surface area (Å²) in [5.74, 6) is -0.513. The summed E-state index contributed by atoms with van der Waals surface area (Å²) in [6, 6.07) is 0. The maximum atomic E-state index is 11.0. The van der Waals surface area contributed by atoms with Crippen molar-refractivity contribution < 1.29 is 14.3 Å². The fourth-order valence-electron chi connectivity index (χ4n) is 4.46. The van der Waals surface area contributed by atoms with E-state index in [1.54, 1.807) is 0 Å². The zero-order valence-electron chi connectivity index (χ0n) is 17.4. The second kappa shape index (κ2) is 6.48. The van der Waals surface area contributed by atoms with Gasteiger partial charge in [0.1, 0.15) is 0 Å². The first-order valence-electron chi connectivity index (χ1n) is 9.74. The van der Waals surface area contributed by atoms with E-state index in [9.17, 15) is 5.11 Å². The van der Waals surface area contributed by atoms with Crippen LogP contribution in [0.5, 0.6) is 0 Å². The highest BCUT2D eigenvalue weighted by Gasteiger charge is 2.57. The zero-order valence-corrected chi connectivity index (χ0v) is 19.4. The van der Waals surface area contributed by atoms with Gasteiger partial charge in [-0.1, -0.05) is 40.4 Å². The predicted molar refractivity (Wildman–Crippen MR) is 107 cm³/mol. The summed E-state index contributed by atoms with van der Waals surface area (Å²) in [7, 11) is -3.00. The van der Waals surface area contributed by atoms with Crippen molar-refractivity contribution in [3.63, 3.8) is 0 Å². The van der Waals surface area contributed by atoms with Crippen LogP contribution in [0.1, 0.15) is 53.4 Å². The lowest BCUT2D eigenvalue weighted by atomic mass is 9.97. The average Bonchev–Trinajstić information content (AvgIpc) is 2.77. The Morgan fingerprint density at radius 2 is 1.79 bits per heavy atom. The lowest BCUT2D eigenvalue weighted by Crippen LogP contribution is -2.44. The summed E-state index contributed by atoms with van der Waals surface area (Å²) in [6.07, 6.45) is 4.23. The van der Waals surface area contributed by atoms with Gasteiger partial charge in [-0.15, -0.1) is 0 Å². The fourth-order valence-corrected chi connectivity index (χ4v) is 8.53. The minimum atomic E-state index is -1.74. The Bertz CT molecular complexity index is 453. The molecule has 0 aromatic rings. The van der Waals surface area contributed by atoms with Crippen LogP contribution in [0.25, 0.3) is 0 Å². The highest BCUT2D eigenvalue weighted by molar-refractivity contribution is 6.77. The van der Waals surface area contributed by atoms with Crippen LogP contribution >= 0.6 is 0 Å². The van der Waals surface area contributed by atoms with Crippen molar-refractivity contribution in [2.45, 2.75) is 115 Å². The van der Waals surface area contributed by atoms with Gasteiger partial charge in [0.2, 0.25) is 0 Å². The first-order chi connectivity index (χ1) is 10.7. The summed E-state index contributed by atoms with van der Waals surface area (Å²) in [4.78, 5) is 0. The highest BCUT2D eigenvalue weighted by atomic mass is 28.4. The molecule has 0 aromatic carbocycles. The molecule has 24 heavy (non-hydrogen) atoms. The topological polar surface area (TPSA) is 38.7 Å². The Balaban J connectivity index is 1.97. The summed E-state index contributed by atoms with van der Waals surface area (Å²) in [6.45, 7) is 20.9. The van der Waals surface area contributed by atoms with Gasteiger partial charge in [0.15, 0.2) is 14.1 Å². The summed E-state index contributed by atoms with van der Waals surface area (Å²) in [5.41, 5.74) is 0.684. The van der Waals surface area contributed by atoms with Crippen molar-refractivity contribution in [1.82, 2.24) is 0 Å². The molecular formula is C19H40O3Si2. The van der Waals surface area contributed by atoms with Crippen LogP contribution in [0.15, 0.2) is 0 Å². The molecular weight excluding hydrogens is 332 g/mol. The molecule has 3 nitrogen and oxygen atoms in total. The first kappa shape index (κ1) is 20.6. The Hall–Kier alpha value is 0.314. The third-order valence-electron chi connectivity index (χ3n) is 6.78. The van der Waals surface area contributed by atoms with E-state index in [2.05, 4.69) is 60.4 Å². The normalized spacial score (nSPS) is 36.0. The minimum absolute atomic E-state index is 0.152. The van der Waals surface area contributed by atoms with Crippen molar-refractivity contribution in [3.05, 3.63) is 0 Å². The molecule has 0 aromatic heterocycles. The lowest BCUT2D eigenvalue weighted by molar-refractivity contribution is -0.204. The molecule has 1 N–H and O–H groups in total. The number of ether oxygens (including phenoxy) is 1. The second-order valence-electron chi connectivity index (χ2n) is 10.9. The molecule has 0 radical (unpaired) electrons. The lowest BCUT2D eigenvalue weighted by Gasteiger charge is -2.39. The maximum absolute atomic E-state index is 11.0. The summed E-state index contributed by atoms with van der Waals surface area (Å²) < 4.78 is 12.7. The molecule has 1 heterocycles. The third-order valence-corrected chi connectivity index (χ3v) is 14.3. The predicted octanol–water partition coefficient (Wildman–Crippen LogP) is 5.38. The van der Waals surface area contributed by atoms with E-state index in [1.807, 2.05) is 0 Å². The van der Waals surface area contributed by atoms with Crippen molar-refractivity contribution in [3.8, 4) is 0 Å². The molecule has 1 saturated carbocycles. The van der Waals surface area contributed by atoms with Crippen LogP contribution in [-0.2, 0) is 9.16 Å². The van der Waals surface area contributed by atoms with Gasteiger partial charge in [-0.2, -0.15) is 0 Å². The van der Waals surface area contributed by atoms with Crippen molar-refractivity contribution in [2.24, 2.45) is 5.92 Å². The molecule has 2 rings (SSSR count). The zero-order chi connectivity index (χ0) is 18.6. The molecule has 1 aliphatic heterocycles. The van der Waals surface area contributed by atoms with Gasteiger partial charge in [0.25, 0.3) is 0 Å². The van der Waals surface area contributed by atoms with Gasteiger partial charge >= 0.3 is 0 Å². The summed E-state index contributed by atoms with van der Waals surface area (Å²) >= 11 is 0. The molecule has 2 fully saturated rings. The number of rotatable bonds is 5. The highest BCUT2D eigenvalue weighted by Crippen LogP contribution is 2.56. The number of aliphatic hydroxyl groups is 1. The van der Waals surface area contributed by atoms with Crippen molar-refractivity contribution in [2.75, 3.05) is 0 Å². The number of hydrogen-bond donors (Lipinski definition) is 1. The second-order valence-corrected chi connectivity index (χ2v) is 21.1. The fraction of sp³-hybridized carbons (Fsp3) is 1.00. The number of fused-ring (bicyclic) bond motifs is 1. The molecule has 142 valence electrons. The Morgan fingerprint density at radius 1 is 1.21 bits per heavy atom. The van der Waals surface area contributed by atoms with E-state index in [-0.39, 0.29) is 17.2 Å². The van der Waals surface area contributed by atoms with Crippen LogP contribution in [0, 0.1) is 5.92 Å². The van der Waals surface area contributed by atoms with Crippen LogP contribution in [-0.4, -0.2) is 39.5 Å². The van der Waals surface area contributed by atoms with E-state index < -0.39 is 22.2 Å². The van der Waals surface area contributed by atoms with Crippen LogP contribution < -0.4 is 0 Å². The van der Waals surface area contributed by atoms with E-state index in [1.165, 1.54) is 0 Å². The quantitative estimate of drug-likeness (QED) is 0.658.